The van der Waals surface area contributed by atoms with Crippen molar-refractivity contribution in [2.75, 3.05) is 13.7 Å². The fourth-order valence-corrected chi connectivity index (χ4v) is 2.01. The lowest BCUT2D eigenvalue weighted by Crippen LogP contribution is -2.39. The lowest BCUT2D eigenvalue weighted by Gasteiger charge is -2.13. The number of nitrogens with one attached hydrogen (secondary N) is 1. The molecule has 7 nitrogen and oxygen atoms in total. The second kappa shape index (κ2) is 5.92. The van der Waals surface area contributed by atoms with Crippen molar-refractivity contribution in [3.05, 3.63) is 39.8 Å². The van der Waals surface area contributed by atoms with Gasteiger partial charge in [-0.15, -0.1) is 0 Å². The molecule has 0 spiro atoms. The van der Waals surface area contributed by atoms with Crippen LogP contribution in [0.3, 0.4) is 0 Å². The van der Waals surface area contributed by atoms with Gasteiger partial charge in [-0.05, 0) is 31.5 Å². The van der Waals surface area contributed by atoms with Crippen molar-refractivity contribution in [2.45, 2.75) is 19.9 Å². The van der Waals surface area contributed by atoms with E-state index in [9.17, 15) is 14.7 Å². The number of ether oxygens (including phenoxy) is 1. The topological polar surface area (TPSA) is 92.9 Å². The zero-order valence-corrected chi connectivity index (χ0v) is 12.1. The molecule has 0 aliphatic heterocycles. The Balaban J connectivity index is 2.47. The molecule has 0 aliphatic rings. The number of amides is 1. The van der Waals surface area contributed by atoms with Crippen molar-refractivity contribution in [1.82, 2.24) is 14.7 Å². The Morgan fingerprint density at radius 2 is 2.29 bits per heavy atom. The third-order valence-electron chi connectivity index (χ3n) is 2.99. The van der Waals surface area contributed by atoms with Crippen LogP contribution in [0.2, 0.25) is 0 Å². The number of aryl methyl sites for hydroxylation is 1. The van der Waals surface area contributed by atoms with E-state index in [1.54, 1.807) is 19.1 Å². The van der Waals surface area contributed by atoms with Gasteiger partial charge in [-0.25, -0.2) is 0 Å². The number of pyridine rings is 1. The largest absolute Gasteiger partial charge is 0.493 e. The standard InChI is InChI=1S/C14H17N3O4/c1-8-4-5-17-10(6-8)16-13(19)11(14(17)20)12(18)15-9(2)7-21-3/h4-6,9,19H,7H2,1-3H3,(H,15,18)/t9-/m1/s1. The summed E-state index contributed by atoms with van der Waals surface area (Å²) >= 11 is 0. The van der Waals surface area contributed by atoms with E-state index in [0.29, 0.717) is 12.3 Å². The van der Waals surface area contributed by atoms with Gasteiger partial charge in [0, 0.05) is 19.3 Å². The van der Waals surface area contributed by atoms with Crippen LogP contribution in [0.15, 0.2) is 23.1 Å². The molecule has 0 aliphatic carbocycles. The molecule has 0 unspecified atom stereocenters. The van der Waals surface area contributed by atoms with Gasteiger partial charge in [-0.1, -0.05) is 0 Å². The molecule has 1 atom stereocenters. The number of fused-ring (bicyclic) bond motifs is 1. The summed E-state index contributed by atoms with van der Waals surface area (Å²) in [6, 6.07) is 3.08. The molecule has 0 saturated heterocycles. The van der Waals surface area contributed by atoms with Crippen LogP contribution in [0.5, 0.6) is 5.88 Å². The first-order valence-electron chi connectivity index (χ1n) is 6.46. The zero-order valence-electron chi connectivity index (χ0n) is 12.1. The molecule has 2 aromatic rings. The van der Waals surface area contributed by atoms with Gasteiger partial charge in [0.25, 0.3) is 11.5 Å². The van der Waals surface area contributed by atoms with E-state index in [4.69, 9.17) is 4.74 Å². The average molecular weight is 291 g/mol. The lowest BCUT2D eigenvalue weighted by molar-refractivity contribution is 0.0900. The highest BCUT2D eigenvalue weighted by Gasteiger charge is 2.21. The summed E-state index contributed by atoms with van der Waals surface area (Å²) in [5.41, 5.74) is 0.199. The van der Waals surface area contributed by atoms with E-state index in [-0.39, 0.29) is 11.6 Å². The molecule has 2 N–H and O–H groups in total. The summed E-state index contributed by atoms with van der Waals surface area (Å²) in [6.45, 7) is 3.87. The highest BCUT2D eigenvalue weighted by Crippen LogP contribution is 2.12. The first kappa shape index (κ1) is 15.0. The first-order valence-corrected chi connectivity index (χ1v) is 6.46. The van der Waals surface area contributed by atoms with E-state index in [1.807, 2.05) is 6.92 Å². The minimum absolute atomic E-state index is 0.291. The molecule has 21 heavy (non-hydrogen) atoms. The molecule has 1 amide bonds. The van der Waals surface area contributed by atoms with Crippen molar-refractivity contribution >= 4 is 11.6 Å². The third-order valence-corrected chi connectivity index (χ3v) is 2.99. The quantitative estimate of drug-likeness (QED) is 0.854. The van der Waals surface area contributed by atoms with Gasteiger partial charge < -0.3 is 15.2 Å². The summed E-state index contributed by atoms with van der Waals surface area (Å²) < 4.78 is 6.13. The van der Waals surface area contributed by atoms with Gasteiger partial charge in [0.05, 0.1) is 6.61 Å². The summed E-state index contributed by atoms with van der Waals surface area (Å²) in [4.78, 5) is 28.3. The highest BCUT2D eigenvalue weighted by atomic mass is 16.5. The van der Waals surface area contributed by atoms with Crippen LogP contribution in [0, 0.1) is 6.92 Å². The monoisotopic (exact) mass is 291 g/mol. The molecule has 2 aromatic heterocycles. The minimum Gasteiger partial charge on any atom is -0.493 e. The van der Waals surface area contributed by atoms with E-state index in [0.717, 1.165) is 5.56 Å². The first-order chi connectivity index (χ1) is 9.93. The van der Waals surface area contributed by atoms with Gasteiger partial charge in [0.2, 0.25) is 5.88 Å². The number of methoxy groups -OCH3 is 1. The van der Waals surface area contributed by atoms with Crippen LogP contribution in [0.4, 0.5) is 0 Å². The van der Waals surface area contributed by atoms with Crippen molar-refractivity contribution in [1.29, 1.82) is 0 Å². The number of aromatic nitrogens is 2. The number of carbonyl (C=O) groups excluding carboxylic acids is 1. The van der Waals surface area contributed by atoms with E-state index < -0.39 is 17.3 Å². The Morgan fingerprint density at radius 3 is 2.95 bits per heavy atom. The smallest absolute Gasteiger partial charge is 0.274 e. The molecule has 0 saturated carbocycles. The Morgan fingerprint density at radius 1 is 1.57 bits per heavy atom. The lowest BCUT2D eigenvalue weighted by atomic mass is 10.2. The molecule has 0 bridgehead atoms. The molecule has 0 fully saturated rings. The number of aromatic hydroxyl groups is 1. The second-order valence-corrected chi connectivity index (χ2v) is 4.88. The van der Waals surface area contributed by atoms with Crippen molar-refractivity contribution in [3.8, 4) is 5.88 Å². The molecule has 112 valence electrons. The average Bonchev–Trinajstić information content (AvgIpc) is 2.38. The SMILES string of the molecule is COC[C@@H](C)NC(=O)c1c(O)nc2cc(C)ccn2c1=O. The van der Waals surface area contributed by atoms with E-state index in [1.165, 1.54) is 17.7 Å². The molecule has 0 aromatic carbocycles. The van der Waals surface area contributed by atoms with Crippen molar-refractivity contribution < 1.29 is 14.6 Å². The van der Waals surface area contributed by atoms with Gasteiger partial charge in [-0.2, -0.15) is 4.98 Å². The number of hydrogen-bond donors (Lipinski definition) is 2. The number of hydrogen-bond acceptors (Lipinski definition) is 5. The third kappa shape index (κ3) is 3.03. The molecular formula is C14H17N3O4. The van der Waals surface area contributed by atoms with E-state index >= 15 is 0 Å². The van der Waals surface area contributed by atoms with Crippen LogP contribution < -0.4 is 10.9 Å². The normalized spacial score (nSPS) is 12.3. The predicted molar refractivity (Wildman–Crippen MR) is 76.7 cm³/mol. The number of nitrogens with zero attached hydrogens (tertiary/aromatic N) is 2. The van der Waals surface area contributed by atoms with Gasteiger partial charge in [0.1, 0.15) is 5.65 Å². The highest BCUT2D eigenvalue weighted by molar-refractivity contribution is 5.96. The van der Waals surface area contributed by atoms with Gasteiger partial charge >= 0.3 is 0 Å². The molecule has 2 rings (SSSR count). The van der Waals surface area contributed by atoms with Crippen molar-refractivity contribution in [3.63, 3.8) is 0 Å². The number of rotatable bonds is 4. The zero-order chi connectivity index (χ0) is 15.6. The maximum atomic E-state index is 12.3. The maximum Gasteiger partial charge on any atom is 0.274 e. The maximum absolute atomic E-state index is 12.3. The van der Waals surface area contributed by atoms with Crippen LogP contribution in [0.1, 0.15) is 22.8 Å². The minimum atomic E-state index is -0.676. The van der Waals surface area contributed by atoms with E-state index in [2.05, 4.69) is 10.3 Å². The van der Waals surface area contributed by atoms with Crippen molar-refractivity contribution in [2.24, 2.45) is 0 Å². The summed E-state index contributed by atoms with van der Waals surface area (Å²) in [5, 5.41) is 12.5. The van der Waals surface area contributed by atoms with Crippen LogP contribution >= 0.6 is 0 Å². The molecule has 0 radical (unpaired) electrons. The van der Waals surface area contributed by atoms with Crippen LogP contribution in [-0.2, 0) is 4.74 Å². The fraction of sp³-hybridized carbons (Fsp3) is 0.357. The Labute approximate surface area is 121 Å². The fourth-order valence-electron chi connectivity index (χ4n) is 2.01. The Kier molecular flexibility index (Phi) is 4.23. The van der Waals surface area contributed by atoms with Gasteiger partial charge in [-0.3, -0.25) is 14.0 Å². The van der Waals surface area contributed by atoms with Gasteiger partial charge in [0.15, 0.2) is 5.56 Å². The predicted octanol–water partition coefficient (Wildman–Crippen LogP) is 0.473. The molecule has 7 heteroatoms. The second-order valence-electron chi connectivity index (χ2n) is 4.88. The molecule has 2 heterocycles. The summed E-state index contributed by atoms with van der Waals surface area (Å²) in [7, 11) is 1.51. The molecular weight excluding hydrogens is 274 g/mol. The Bertz CT molecular complexity index is 739. The number of carbonyl (C=O) groups is 1. The van der Waals surface area contributed by atoms with Crippen LogP contribution in [0.25, 0.3) is 5.65 Å². The Hall–Kier alpha value is -2.41. The summed E-state index contributed by atoms with van der Waals surface area (Å²) in [5.74, 6) is -1.25. The summed E-state index contributed by atoms with van der Waals surface area (Å²) in [6.07, 6.45) is 1.52. The van der Waals surface area contributed by atoms with Crippen LogP contribution in [-0.4, -0.2) is 40.2 Å².